The van der Waals surface area contributed by atoms with E-state index in [2.05, 4.69) is 101 Å². The topological polar surface area (TPSA) is 0 Å². The molecule has 3 aromatic carbocycles. The first-order chi connectivity index (χ1) is 14.5. The third-order valence-corrected chi connectivity index (χ3v) is 7.21. The molecule has 30 heavy (non-hydrogen) atoms. The fourth-order valence-corrected chi connectivity index (χ4v) is 5.09. The molecule has 0 saturated carbocycles. The second-order valence-electron chi connectivity index (χ2n) is 9.24. The van der Waals surface area contributed by atoms with E-state index in [4.69, 9.17) is 0 Å². The minimum atomic E-state index is 0.483. The van der Waals surface area contributed by atoms with Gasteiger partial charge >= 0.3 is 0 Å². The molecule has 2 aliphatic rings. The summed E-state index contributed by atoms with van der Waals surface area (Å²) in [6.07, 6.45) is 11.6. The SMILES string of the molecule is Cc1cc2c(cc1C)C(Cc1ccccc1CC1C=Cc3cc(C)c(C)cc31)C=C2. The molecule has 2 atom stereocenters. The molecule has 0 aromatic heterocycles. The average Bonchev–Trinajstić information content (AvgIpc) is 3.28. The van der Waals surface area contributed by atoms with Crippen LogP contribution >= 0.6 is 0 Å². The zero-order valence-electron chi connectivity index (χ0n) is 18.5. The van der Waals surface area contributed by atoms with Gasteiger partial charge in [0.1, 0.15) is 0 Å². The predicted octanol–water partition coefficient (Wildman–Crippen LogP) is 7.63. The van der Waals surface area contributed by atoms with E-state index in [0.29, 0.717) is 11.8 Å². The van der Waals surface area contributed by atoms with Gasteiger partial charge in [-0.15, -0.1) is 0 Å². The van der Waals surface area contributed by atoms with Gasteiger partial charge in [0.05, 0.1) is 0 Å². The highest BCUT2D eigenvalue weighted by molar-refractivity contribution is 5.66. The van der Waals surface area contributed by atoms with Crippen LogP contribution in [0, 0.1) is 27.7 Å². The van der Waals surface area contributed by atoms with Crippen molar-refractivity contribution < 1.29 is 0 Å². The van der Waals surface area contributed by atoms with Crippen molar-refractivity contribution in [3.63, 3.8) is 0 Å². The van der Waals surface area contributed by atoms with E-state index in [0.717, 1.165) is 12.8 Å². The molecule has 0 bridgehead atoms. The van der Waals surface area contributed by atoms with Crippen molar-refractivity contribution in [3.8, 4) is 0 Å². The van der Waals surface area contributed by atoms with E-state index < -0.39 is 0 Å². The molecule has 0 nitrogen and oxygen atoms in total. The first-order valence-electron chi connectivity index (χ1n) is 11.1. The van der Waals surface area contributed by atoms with E-state index in [-0.39, 0.29) is 0 Å². The molecular formula is C30H30. The molecular weight excluding hydrogens is 360 g/mol. The average molecular weight is 391 g/mol. The van der Waals surface area contributed by atoms with Crippen molar-refractivity contribution in [3.05, 3.63) is 116 Å². The summed E-state index contributed by atoms with van der Waals surface area (Å²) in [5.74, 6) is 0.966. The smallest absolute Gasteiger partial charge is 0.00678 e. The van der Waals surface area contributed by atoms with Crippen LogP contribution in [0.25, 0.3) is 12.2 Å². The number of aryl methyl sites for hydroxylation is 4. The van der Waals surface area contributed by atoms with E-state index >= 15 is 0 Å². The van der Waals surface area contributed by atoms with Gasteiger partial charge in [-0.3, -0.25) is 0 Å². The highest BCUT2D eigenvalue weighted by Crippen LogP contribution is 2.38. The molecule has 0 fully saturated rings. The summed E-state index contributed by atoms with van der Waals surface area (Å²) < 4.78 is 0. The second-order valence-corrected chi connectivity index (χ2v) is 9.24. The minimum Gasteiger partial charge on any atom is -0.0760 e. The van der Waals surface area contributed by atoms with Crippen LogP contribution in [0.4, 0.5) is 0 Å². The van der Waals surface area contributed by atoms with Crippen molar-refractivity contribution >= 4 is 12.2 Å². The van der Waals surface area contributed by atoms with Crippen molar-refractivity contribution in [2.75, 3.05) is 0 Å². The third-order valence-electron chi connectivity index (χ3n) is 7.21. The van der Waals surface area contributed by atoms with Crippen LogP contribution in [0.2, 0.25) is 0 Å². The maximum atomic E-state index is 2.40. The molecule has 5 rings (SSSR count). The van der Waals surface area contributed by atoms with Gasteiger partial charge in [-0.2, -0.15) is 0 Å². The lowest BCUT2D eigenvalue weighted by Gasteiger charge is -2.18. The monoisotopic (exact) mass is 390 g/mol. The molecule has 2 aliphatic carbocycles. The van der Waals surface area contributed by atoms with Gasteiger partial charge in [0, 0.05) is 11.8 Å². The Morgan fingerprint density at radius 3 is 1.40 bits per heavy atom. The second kappa shape index (κ2) is 7.43. The van der Waals surface area contributed by atoms with Crippen molar-refractivity contribution in [1.82, 2.24) is 0 Å². The third kappa shape index (κ3) is 3.35. The molecule has 0 aliphatic heterocycles. The van der Waals surface area contributed by atoms with E-state index in [1.165, 1.54) is 55.6 Å². The number of hydrogen-bond acceptors (Lipinski definition) is 0. The van der Waals surface area contributed by atoms with Gasteiger partial charge in [-0.05, 0) is 96.2 Å². The molecule has 0 N–H and O–H groups in total. The fraction of sp³-hybridized carbons (Fsp3) is 0.267. The Morgan fingerprint density at radius 2 is 0.967 bits per heavy atom. The molecule has 150 valence electrons. The molecule has 0 radical (unpaired) electrons. The molecule has 0 heterocycles. The summed E-state index contributed by atoms with van der Waals surface area (Å²) in [6, 6.07) is 18.6. The van der Waals surface area contributed by atoms with Gasteiger partial charge in [-0.1, -0.05) is 72.8 Å². The lowest BCUT2D eigenvalue weighted by Crippen LogP contribution is -2.06. The lowest BCUT2D eigenvalue weighted by atomic mass is 9.86. The van der Waals surface area contributed by atoms with Gasteiger partial charge in [-0.25, -0.2) is 0 Å². The summed E-state index contributed by atoms with van der Waals surface area (Å²) in [7, 11) is 0. The molecule has 0 saturated heterocycles. The number of rotatable bonds is 4. The molecule has 0 spiro atoms. The number of fused-ring (bicyclic) bond motifs is 2. The standard InChI is InChI=1S/C30H30/c1-19-13-25-9-11-27(29(25)15-21(19)3)17-23-7-5-6-8-24(23)18-28-12-10-26-14-20(2)22(4)16-30(26)28/h5-16,27-28H,17-18H2,1-4H3. The molecule has 0 amide bonds. The Labute approximate surface area is 181 Å². The number of benzene rings is 3. The Hall–Kier alpha value is -2.86. The van der Waals surface area contributed by atoms with E-state index in [1.807, 2.05) is 0 Å². The largest absolute Gasteiger partial charge is 0.0760 e. The van der Waals surface area contributed by atoms with Crippen LogP contribution in [-0.2, 0) is 12.8 Å². The Morgan fingerprint density at radius 1 is 0.567 bits per heavy atom. The van der Waals surface area contributed by atoms with Crippen molar-refractivity contribution in [2.45, 2.75) is 52.4 Å². The van der Waals surface area contributed by atoms with Gasteiger partial charge < -0.3 is 0 Å². The van der Waals surface area contributed by atoms with Gasteiger partial charge in [0.2, 0.25) is 0 Å². The zero-order valence-corrected chi connectivity index (χ0v) is 18.5. The summed E-state index contributed by atoms with van der Waals surface area (Å²) in [5.41, 5.74) is 14.3. The normalized spacial score (nSPS) is 18.7. The molecule has 2 unspecified atom stereocenters. The van der Waals surface area contributed by atoms with Crippen LogP contribution in [0.3, 0.4) is 0 Å². The Bertz CT molecular complexity index is 1090. The van der Waals surface area contributed by atoms with Crippen molar-refractivity contribution in [2.24, 2.45) is 0 Å². The van der Waals surface area contributed by atoms with Crippen LogP contribution < -0.4 is 0 Å². The maximum absolute atomic E-state index is 2.40. The van der Waals surface area contributed by atoms with E-state index in [9.17, 15) is 0 Å². The summed E-state index contributed by atoms with van der Waals surface area (Å²) in [6.45, 7) is 8.88. The van der Waals surface area contributed by atoms with E-state index in [1.54, 1.807) is 0 Å². The number of hydrogen-bond donors (Lipinski definition) is 0. The minimum absolute atomic E-state index is 0.483. The molecule has 3 aromatic rings. The maximum Gasteiger partial charge on any atom is 0.00678 e. The van der Waals surface area contributed by atoms with Crippen molar-refractivity contribution in [1.29, 1.82) is 0 Å². The number of allylic oxidation sites excluding steroid dienone is 2. The lowest BCUT2D eigenvalue weighted by molar-refractivity contribution is 0.798. The highest BCUT2D eigenvalue weighted by atomic mass is 14.3. The Balaban J connectivity index is 1.41. The summed E-state index contributed by atoms with van der Waals surface area (Å²) in [4.78, 5) is 0. The Kier molecular flexibility index (Phi) is 4.74. The predicted molar refractivity (Wildman–Crippen MR) is 129 cm³/mol. The quantitative estimate of drug-likeness (QED) is 0.429. The first kappa shape index (κ1) is 19.1. The van der Waals surface area contributed by atoms with Crippen LogP contribution in [0.1, 0.15) is 67.5 Å². The highest BCUT2D eigenvalue weighted by Gasteiger charge is 2.22. The van der Waals surface area contributed by atoms with Gasteiger partial charge in [0.15, 0.2) is 0 Å². The van der Waals surface area contributed by atoms with Gasteiger partial charge in [0.25, 0.3) is 0 Å². The first-order valence-corrected chi connectivity index (χ1v) is 11.1. The fourth-order valence-electron chi connectivity index (χ4n) is 5.09. The molecule has 0 heteroatoms. The summed E-state index contributed by atoms with van der Waals surface area (Å²) in [5, 5.41) is 0. The van der Waals surface area contributed by atoms with Crippen LogP contribution in [0.15, 0.2) is 60.7 Å². The summed E-state index contributed by atoms with van der Waals surface area (Å²) >= 11 is 0. The van der Waals surface area contributed by atoms with Crippen LogP contribution in [-0.4, -0.2) is 0 Å². The zero-order chi connectivity index (χ0) is 20.8. The van der Waals surface area contributed by atoms with Crippen LogP contribution in [0.5, 0.6) is 0 Å².